The van der Waals surface area contributed by atoms with Gasteiger partial charge in [0.05, 0.1) is 10.7 Å². The van der Waals surface area contributed by atoms with Crippen molar-refractivity contribution in [3.05, 3.63) is 33.1 Å². The maximum absolute atomic E-state index is 11.9. The largest absolute Gasteiger partial charge is 0.361 e. The quantitative estimate of drug-likeness (QED) is 0.848. The minimum atomic E-state index is -0.163. The predicted molar refractivity (Wildman–Crippen MR) is 91.1 cm³/mol. The molecular weight excluding hydrogens is 312 g/mol. The van der Waals surface area contributed by atoms with E-state index in [2.05, 4.69) is 27.7 Å². The molecule has 0 aliphatic heterocycles. The van der Waals surface area contributed by atoms with Crippen LogP contribution in [-0.4, -0.2) is 29.3 Å². The van der Waals surface area contributed by atoms with Gasteiger partial charge in [-0.3, -0.25) is 0 Å². The van der Waals surface area contributed by atoms with Gasteiger partial charge < -0.3 is 15.2 Å². The number of aromatic nitrogens is 2. The van der Waals surface area contributed by atoms with Gasteiger partial charge in [-0.1, -0.05) is 19.0 Å². The highest BCUT2D eigenvalue weighted by Gasteiger charge is 2.17. The summed E-state index contributed by atoms with van der Waals surface area (Å²) in [5, 5.41) is 12.8. The Morgan fingerprint density at radius 3 is 2.39 bits per heavy atom. The summed E-state index contributed by atoms with van der Waals surface area (Å²) >= 11 is 1.63. The molecule has 6 nitrogen and oxygen atoms in total. The van der Waals surface area contributed by atoms with E-state index >= 15 is 0 Å². The van der Waals surface area contributed by atoms with Crippen LogP contribution >= 0.6 is 11.3 Å². The van der Waals surface area contributed by atoms with E-state index in [4.69, 9.17) is 4.52 Å². The van der Waals surface area contributed by atoms with Gasteiger partial charge in [0, 0.05) is 41.6 Å². The Hall–Kier alpha value is -1.89. The van der Waals surface area contributed by atoms with E-state index in [1.807, 2.05) is 33.1 Å². The Morgan fingerprint density at radius 2 is 1.87 bits per heavy atom. The Labute approximate surface area is 140 Å². The fourth-order valence-corrected chi connectivity index (χ4v) is 3.39. The zero-order valence-corrected chi connectivity index (χ0v) is 15.1. The van der Waals surface area contributed by atoms with Crippen LogP contribution in [0.1, 0.15) is 53.4 Å². The summed E-state index contributed by atoms with van der Waals surface area (Å²) in [6.07, 6.45) is 0. The molecule has 0 radical (unpaired) electrons. The van der Waals surface area contributed by atoms with Crippen LogP contribution in [0.15, 0.2) is 9.90 Å². The van der Waals surface area contributed by atoms with Crippen LogP contribution in [0.3, 0.4) is 0 Å². The van der Waals surface area contributed by atoms with Gasteiger partial charge in [0.1, 0.15) is 5.76 Å². The molecule has 126 valence electrons. The van der Waals surface area contributed by atoms with Crippen molar-refractivity contribution in [1.82, 2.24) is 20.8 Å². The van der Waals surface area contributed by atoms with E-state index in [-0.39, 0.29) is 17.9 Å². The lowest BCUT2D eigenvalue weighted by Gasteiger charge is -2.14. The van der Waals surface area contributed by atoms with Gasteiger partial charge in [-0.25, -0.2) is 9.78 Å². The molecule has 0 aliphatic carbocycles. The van der Waals surface area contributed by atoms with Gasteiger partial charge in [0.25, 0.3) is 0 Å². The first kappa shape index (κ1) is 17.5. The highest BCUT2D eigenvalue weighted by molar-refractivity contribution is 7.09. The van der Waals surface area contributed by atoms with Crippen LogP contribution in [-0.2, 0) is 0 Å². The molecule has 0 fully saturated rings. The van der Waals surface area contributed by atoms with Crippen LogP contribution in [0.2, 0.25) is 0 Å². The molecule has 0 saturated carbocycles. The number of nitrogens with zero attached hydrogens (tertiary/aromatic N) is 2. The Bertz CT molecular complexity index is 645. The molecule has 0 saturated heterocycles. The lowest BCUT2D eigenvalue weighted by molar-refractivity contribution is 0.240. The SMILES string of the molecule is Cc1csc([C@@H](C)CNC(=O)NC[C@@H](C)c2c(C)noc2C)n1. The second-order valence-electron chi connectivity index (χ2n) is 5.96. The van der Waals surface area contributed by atoms with Gasteiger partial charge in [0.15, 0.2) is 0 Å². The minimum absolute atomic E-state index is 0.158. The fraction of sp³-hybridized carbons (Fsp3) is 0.562. The van der Waals surface area contributed by atoms with Crippen LogP contribution in [0.25, 0.3) is 0 Å². The molecule has 0 aromatic carbocycles. The zero-order chi connectivity index (χ0) is 17.0. The van der Waals surface area contributed by atoms with Crippen LogP contribution in [0.4, 0.5) is 4.79 Å². The van der Waals surface area contributed by atoms with Crippen molar-refractivity contribution in [2.45, 2.75) is 46.5 Å². The van der Waals surface area contributed by atoms with E-state index in [1.165, 1.54) is 0 Å². The van der Waals surface area contributed by atoms with Gasteiger partial charge in [-0.05, 0) is 20.8 Å². The molecule has 0 bridgehead atoms. The van der Waals surface area contributed by atoms with Crippen LogP contribution < -0.4 is 10.6 Å². The molecule has 0 aliphatic rings. The second kappa shape index (κ2) is 7.59. The number of amides is 2. The topological polar surface area (TPSA) is 80.0 Å². The lowest BCUT2D eigenvalue weighted by Crippen LogP contribution is -2.39. The molecular formula is C16H24N4O2S. The van der Waals surface area contributed by atoms with Crippen molar-refractivity contribution in [1.29, 1.82) is 0 Å². The van der Waals surface area contributed by atoms with Crippen molar-refractivity contribution in [3.8, 4) is 0 Å². The minimum Gasteiger partial charge on any atom is -0.361 e. The van der Waals surface area contributed by atoms with Crippen molar-refractivity contribution >= 4 is 17.4 Å². The van der Waals surface area contributed by atoms with Crippen molar-refractivity contribution in [3.63, 3.8) is 0 Å². The van der Waals surface area contributed by atoms with Gasteiger partial charge in [-0.2, -0.15) is 0 Å². The molecule has 2 aromatic rings. The number of rotatable bonds is 6. The molecule has 2 N–H and O–H groups in total. The van der Waals surface area contributed by atoms with Gasteiger partial charge in [0.2, 0.25) is 0 Å². The van der Waals surface area contributed by atoms with Crippen molar-refractivity contribution in [2.75, 3.05) is 13.1 Å². The number of hydrogen-bond acceptors (Lipinski definition) is 5. The molecule has 23 heavy (non-hydrogen) atoms. The van der Waals surface area contributed by atoms with E-state index in [0.717, 1.165) is 27.7 Å². The van der Waals surface area contributed by atoms with E-state index < -0.39 is 0 Å². The molecule has 2 aromatic heterocycles. The average Bonchev–Trinajstić information content (AvgIpc) is 3.08. The van der Waals surface area contributed by atoms with E-state index in [1.54, 1.807) is 11.3 Å². The number of urea groups is 1. The predicted octanol–water partition coefficient (Wildman–Crippen LogP) is 3.26. The Kier molecular flexibility index (Phi) is 5.76. The molecule has 2 heterocycles. The molecule has 2 rings (SSSR count). The van der Waals surface area contributed by atoms with E-state index in [0.29, 0.717) is 13.1 Å². The lowest BCUT2D eigenvalue weighted by atomic mass is 10.00. The maximum atomic E-state index is 11.9. The summed E-state index contributed by atoms with van der Waals surface area (Å²) in [6, 6.07) is -0.163. The Morgan fingerprint density at radius 1 is 1.22 bits per heavy atom. The first-order valence-electron chi connectivity index (χ1n) is 7.75. The summed E-state index contributed by atoms with van der Waals surface area (Å²) in [7, 11) is 0. The maximum Gasteiger partial charge on any atom is 0.314 e. The highest BCUT2D eigenvalue weighted by atomic mass is 32.1. The average molecular weight is 336 g/mol. The van der Waals surface area contributed by atoms with Crippen LogP contribution in [0.5, 0.6) is 0 Å². The number of hydrogen-bond donors (Lipinski definition) is 2. The number of aryl methyl sites for hydroxylation is 3. The molecule has 2 atom stereocenters. The summed E-state index contributed by atoms with van der Waals surface area (Å²) in [4.78, 5) is 16.4. The summed E-state index contributed by atoms with van der Waals surface area (Å²) in [5.74, 6) is 1.18. The van der Waals surface area contributed by atoms with Gasteiger partial charge >= 0.3 is 6.03 Å². The third-order valence-corrected chi connectivity index (χ3v) is 4.97. The first-order valence-corrected chi connectivity index (χ1v) is 8.63. The normalized spacial score (nSPS) is 13.6. The first-order chi connectivity index (χ1) is 10.9. The third-order valence-electron chi connectivity index (χ3n) is 3.78. The summed E-state index contributed by atoms with van der Waals surface area (Å²) in [6.45, 7) is 11.0. The monoisotopic (exact) mass is 336 g/mol. The molecule has 7 heteroatoms. The number of carbonyl (C=O) groups is 1. The summed E-state index contributed by atoms with van der Waals surface area (Å²) in [5.41, 5.74) is 2.97. The molecule has 0 spiro atoms. The number of thiazole rings is 1. The second-order valence-corrected chi connectivity index (χ2v) is 6.85. The molecule has 2 amide bonds. The highest BCUT2D eigenvalue weighted by Crippen LogP contribution is 2.22. The Balaban J connectivity index is 1.77. The number of nitrogens with one attached hydrogen (secondary N) is 2. The van der Waals surface area contributed by atoms with E-state index in [9.17, 15) is 4.79 Å². The fourth-order valence-electron chi connectivity index (χ4n) is 2.54. The number of carbonyl (C=O) groups excluding carboxylic acids is 1. The van der Waals surface area contributed by atoms with Crippen molar-refractivity contribution in [2.24, 2.45) is 0 Å². The van der Waals surface area contributed by atoms with Crippen LogP contribution in [0, 0.1) is 20.8 Å². The standard InChI is InChI=1S/C16H24N4O2S/c1-9(14-12(4)20-22-13(14)5)6-17-16(21)18-7-10(2)15-19-11(3)8-23-15/h8-10H,6-7H2,1-5H3,(H2,17,18,21)/t9-,10+/m1/s1. The summed E-state index contributed by atoms with van der Waals surface area (Å²) < 4.78 is 5.17. The van der Waals surface area contributed by atoms with Crippen molar-refractivity contribution < 1.29 is 9.32 Å². The zero-order valence-electron chi connectivity index (χ0n) is 14.3. The molecule has 0 unspecified atom stereocenters. The smallest absolute Gasteiger partial charge is 0.314 e. The van der Waals surface area contributed by atoms with Gasteiger partial charge in [-0.15, -0.1) is 11.3 Å². The third kappa shape index (κ3) is 4.54.